The minimum Gasteiger partial charge on any atom is -0.379 e. The highest BCUT2D eigenvalue weighted by Gasteiger charge is 2.50. The Morgan fingerprint density at radius 1 is 1.34 bits per heavy atom. The fraction of sp³-hybridized carbons (Fsp3) is 0.458. The van der Waals surface area contributed by atoms with Gasteiger partial charge in [-0.25, -0.2) is 4.98 Å². The van der Waals surface area contributed by atoms with Crippen molar-refractivity contribution in [3.63, 3.8) is 0 Å². The monoisotopic (exact) mass is 469 g/mol. The lowest BCUT2D eigenvalue weighted by Crippen LogP contribution is -2.25. The van der Waals surface area contributed by atoms with E-state index in [1.54, 1.807) is 11.3 Å². The van der Waals surface area contributed by atoms with Gasteiger partial charge in [0.05, 0.1) is 28.1 Å². The van der Waals surface area contributed by atoms with Crippen molar-refractivity contribution in [3.05, 3.63) is 40.1 Å². The molecule has 1 saturated heterocycles. The lowest BCUT2D eigenvalue weighted by Gasteiger charge is -2.19. The Balaban J connectivity index is 1.46. The fourth-order valence-electron chi connectivity index (χ4n) is 4.51. The average molecular weight is 470 g/mol. The fourth-order valence-corrected chi connectivity index (χ4v) is 5.83. The number of hydrogen-bond acceptors (Lipinski definition) is 6. The number of amides is 1. The molecule has 4 heterocycles. The molecule has 2 aliphatic rings. The first-order valence-electron chi connectivity index (χ1n) is 11.1. The number of nitrogens with one attached hydrogen (secondary N) is 3. The third-order valence-electron chi connectivity index (χ3n) is 6.60. The van der Waals surface area contributed by atoms with Crippen molar-refractivity contribution in [2.75, 3.05) is 18.4 Å². The molecule has 168 valence electrons. The van der Waals surface area contributed by atoms with E-state index in [-0.39, 0.29) is 17.2 Å². The van der Waals surface area contributed by atoms with Gasteiger partial charge in [0.15, 0.2) is 0 Å². The van der Waals surface area contributed by atoms with Crippen molar-refractivity contribution in [2.24, 2.45) is 11.3 Å². The van der Waals surface area contributed by atoms with E-state index in [2.05, 4.69) is 45.8 Å². The zero-order valence-electron chi connectivity index (χ0n) is 18.6. The van der Waals surface area contributed by atoms with Gasteiger partial charge in [-0.3, -0.25) is 9.78 Å². The molecule has 8 heteroatoms. The zero-order valence-corrected chi connectivity index (χ0v) is 20.2. The molecular formula is C24H28ClN5OS. The van der Waals surface area contributed by atoms with E-state index in [1.807, 2.05) is 25.3 Å². The normalized spacial score (nSPS) is 21.6. The van der Waals surface area contributed by atoms with Gasteiger partial charge in [-0.2, -0.15) is 0 Å². The van der Waals surface area contributed by atoms with Gasteiger partial charge in [0.1, 0.15) is 5.15 Å². The number of nitrogens with zero attached hydrogens (tertiary/aromatic N) is 2. The van der Waals surface area contributed by atoms with Crippen molar-refractivity contribution in [1.29, 1.82) is 0 Å². The number of hydrogen-bond donors (Lipinski definition) is 3. The van der Waals surface area contributed by atoms with Gasteiger partial charge in [0.2, 0.25) is 5.91 Å². The Morgan fingerprint density at radius 2 is 2.16 bits per heavy atom. The standard InChI is InChI=1S/C24H28ClN5OS/c1-13-21(30-14-4-6-26-11-14)17(9-20(25)29-13)16-5-7-27-19-8-15(32-22(16)19)12-28-23(31)18-10-24(18,2)3/h5,7-9,14,18,26,30H,4,6,10-12H2,1-3H3,(H,28,31). The van der Waals surface area contributed by atoms with E-state index in [1.165, 1.54) is 0 Å². The summed E-state index contributed by atoms with van der Waals surface area (Å²) in [5.41, 5.74) is 5.11. The topological polar surface area (TPSA) is 78.9 Å². The highest BCUT2D eigenvalue weighted by atomic mass is 35.5. The van der Waals surface area contributed by atoms with Crippen LogP contribution < -0.4 is 16.0 Å². The first kappa shape index (κ1) is 21.6. The first-order chi connectivity index (χ1) is 15.3. The van der Waals surface area contributed by atoms with Gasteiger partial charge in [0, 0.05) is 40.7 Å². The number of aromatic nitrogens is 2. The van der Waals surface area contributed by atoms with Gasteiger partial charge < -0.3 is 16.0 Å². The van der Waals surface area contributed by atoms with Crippen molar-refractivity contribution >= 4 is 44.7 Å². The molecule has 1 saturated carbocycles. The largest absolute Gasteiger partial charge is 0.379 e. The third kappa shape index (κ3) is 4.21. The van der Waals surface area contributed by atoms with Crippen LogP contribution in [0.1, 0.15) is 37.3 Å². The van der Waals surface area contributed by atoms with Crippen LogP contribution in [0, 0.1) is 18.3 Å². The van der Waals surface area contributed by atoms with E-state index in [4.69, 9.17) is 11.6 Å². The number of aryl methyl sites for hydroxylation is 1. The molecule has 0 spiro atoms. The Hall–Kier alpha value is -2.22. The molecule has 1 aliphatic heterocycles. The maximum absolute atomic E-state index is 12.4. The average Bonchev–Trinajstić information content (AvgIpc) is 3.13. The summed E-state index contributed by atoms with van der Waals surface area (Å²) >= 11 is 8.05. The second-order valence-electron chi connectivity index (χ2n) is 9.54. The number of halogens is 1. The van der Waals surface area contributed by atoms with E-state index in [9.17, 15) is 4.79 Å². The number of pyridine rings is 2. The Bertz CT molecular complexity index is 1180. The first-order valence-corrected chi connectivity index (χ1v) is 12.3. The molecule has 2 unspecified atom stereocenters. The molecule has 5 rings (SSSR count). The summed E-state index contributed by atoms with van der Waals surface area (Å²) in [5.74, 6) is 0.278. The van der Waals surface area contributed by atoms with E-state index >= 15 is 0 Å². The van der Waals surface area contributed by atoms with Gasteiger partial charge in [0.25, 0.3) is 0 Å². The summed E-state index contributed by atoms with van der Waals surface area (Å²) in [7, 11) is 0. The molecule has 2 fully saturated rings. The summed E-state index contributed by atoms with van der Waals surface area (Å²) in [5, 5.41) is 10.7. The Labute approximate surface area is 197 Å². The van der Waals surface area contributed by atoms with Gasteiger partial charge >= 0.3 is 0 Å². The number of rotatable bonds is 6. The van der Waals surface area contributed by atoms with Gasteiger partial charge in [-0.15, -0.1) is 11.3 Å². The lowest BCUT2D eigenvalue weighted by atomic mass is 10.0. The van der Waals surface area contributed by atoms with Crippen LogP contribution in [0.4, 0.5) is 5.69 Å². The highest BCUT2D eigenvalue weighted by Crippen LogP contribution is 2.51. The molecular weight excluding hydrogens is 442 g/mol. The second-order valence-corrected chi connectivity index (χ2v) is 11.1. The van der Waals surface area contributed by atoms with Crippen molar-refractivity contribution in [1.82, 2.24) is 20.6 Å². The Kier molecular flexibility index (Phi) is 5.60. The van der Waals surface area contributed by atoms with Crippen LogP contribution >= 0.6 is 22.9 Å². The summed E-state index contributed by atoms with van der Waals surface area (Å²) in [6.45, 7) is 8.76. The summed E-state index contributed by atoms with van der Waals surface area (Å²) < 4.78 is 1.10. The molecule has 32 heavy (non-hydrogen) atoms. The minimum absolute atomic E-state index is 0.131. The predicted molar refractivity (Wildman–Crippen MR) is 131 cm³/mol. The molecule has 0 aromatic carbocycles. The molecule has 3 aromatic heterocycles. The molecule has 0 bridgehead atoms. The maximum Gasteiger partial charge on any atom is 0.223 e. The SMILES string of the molecule is Cc1nc(Cl)cc(-c2ccnc3cc(CNC(=O)C4CC4(C)C)sc23)c1NC1CCNC1. The predicted octanol–water partition coefficient (Wildman–Crippen LogP) is 4.76. The maximum atomic E-state index is 12.4. The van der Waals surface area contributed by atoms with Crippen LogP contribution in [0.25, 0.3) is 21.3 Å². The van der Waals surface area contributed by atoms with Crippen molar-refractivity contribution in [2.45, 2.75) is 46.2 Å². The van der Waals surface area contributed by atoms with Crippen LogP contribution in [-0.4, -0.2) is 35.0 Å². The number of carbonyl (C=O) groups is 1. The molecule has 1 amide bonds. The molecule has 6 nitrogen and oxygen atoms in total. The molecule has 0 radical (unpaired) electrons. The lowest BCUT2D eigenvalue weighted by molar-refractivity contribution is -0.123. The molecule has 1 aliphatic carbocycles. The number of anilines is 1. The summed E-state index contributed by atoms with van der Waals surface area (Å²) in [6, 6.07) is 6.42. The number of thiophene rings is 1. The highest BCUT2D eigenvalue weighted by molar-refractivity contribution is 7.19. The van der Waals surface area contributed by atoms with E-state index in [0.717, 1.165) is 63.5 Å². The number of fused-ring (bicyclic) bond motifs is 1. The summed E-state index contributed by atoms with van der Waals surface area (Å²) in [4.78, 5) is 22.6. The summed E-state index contributed by atoms with van der Waals surface area (Å²) in [6.07, 6.45) is 3.88. The van der Waals surface area contributed by atoms with E-state index in [0.29, 0.717) is 17.7 Å². The minimum atomic E-state index is 0.131. The van der Waals surface area contributed by atoms with Gasteiger partial charge in [-0.1, -0.05) is 25.4 Å². The van der Waals surface area contributed by atoms with Crippen molar-refractivity contribution in [3.8, 4) is 11.1 Å². The molecule has 3 aromatic rings. The number of carbonyl (C=O) groups excluding carboxylic acids is 1. The van der Waals surface area contributed by atoms with Crippen molar-refractivity contribution < 1.29 is 4.79 Å². The molecule has 2 atom stereocenters. The smallest absolute Gasteiger partial charge is 0.223 e. The van der Waals surface area contributed by atoms with Crippen LogP contribution in [0.3, 0.4) is 0 Å². The quantitative estimate of drug-likeness (QED) is 0.454. The van der Waals surface area contributed by atoms with Crippen LogP contribution in [0.5, 0.6) is 0 Å². The Morgan fingerprint density at radius 3 is 2.88 bits per heavy atom. The van der Waals surface area contributed by atoms with Gasteiger partial charge in [-0.05, 0) is 49.9 Å². The van der Waals surface area contributed by atoms with E-state index < -0.39 is 0 Å². The van der Waals surface area contributed by atoms with Crippen LogP contribution in [0.2, 0.25) is 5.15 Å². The van der Waals surface area contributed by atoms with Crippen LogP contribution in [0.15, 0.2) is 24.4 Å². The van der Waals surface area contributed by atoms with Crippen LogP contribution in [-0.2, 0) is 11.3 Å². The third-order valence-corrected chi connectivity index (χ3v) is 7.95. The second kappa shape index (κ2) is 8.28. The zero-order chi connectivity index (χ0) is 22.5. The molecule has 3 N–H and O–H groups in total.